The monoisotopic (exact) mass is 265 g/mol. The quantitative estimate of drug-likeness (QED) is 0.800. The van der Waals surface area contributed by atoms with E-state index in [1.807, 2.05) is 38.1 Å². The van der Waals surface area contributed by atoms with E-state index >= 15 is 0 Å². The van der Waals surface area contributed by atoms with Gasteiger partial charge in [-0.2, -0.15) is 0 Å². The van der Waals surface area contributed by atoms with E-state index in [-0.39, 0.29) is 11.9 Å². The lowest BCUT2D eigenvalue weighted by molar-refractivity contribution is -0.117. The first-order valence-electron chi connectivity index (χ1n) is 6.33. The van der Waals surface area contributed by atoms with Gasteiger partial charge in [0.15, 0.2) is 0 Å². The van der Waals surface area contributed by atoms with Crippen LogP contribution in [0, 0.1) is 0 Å². The molecule has 0 bridgehead atoms. The van der Waals surface area contributed by atoms with Gasteiger partial charge in [-0.05, 0) is 43.0 Å². The predicted octanol–water partition coefficient (Wildman–Crippen LogP) is 4.05. The number of nitrogens with one attached hydrogen (secondary N) is 1. The Morgan fingerprint density at radius 3 is 2.44 bits per heavy atom. The maximum absolute atomic E-state index is 11.8. The molecule has 0 heterocycles. The molecule has 1 rings (SSSR count). The van der Waals surface area contributed by atoms with Crippen LogP contribution >= 0.6 is 11.6 Å². The third kappa shape index (κ3) is 4.53. The third-order valence-corrected chi connectivity index (χ3v) is 3.15. The Kier molecular flexibility index (Phi) is 5.93. The summed E-state index contributed by atoms with van der Waals surface area (Å²) in [6.45, 7) is 6.09. The Balaban J connectivity index is 2.82. The molecule has 1 unspecified atom stereocenters. The van der Waals surface area contributed by atoms with Crippen LogP contribution < -0.4 is 5.32 Å². The van der Waals surface area contributed by atoms with Crippen LogP contribution in [-0.2, 0) is 4.79 Å². The predicted molar refractivity (Wildman–Crippen MR) is 77.6 cm³/mol. The molecule has 0 aliphatic carbocycles. The molecule has 0 fully saturated rings. The molecule has 1 atom stereocenters. The summed E-state index contributed by atoms with van der Waals surface area (Å²) in [5.41, 5.74) is 2.06. The SMILES string of the molecule is CC/C(=C\C(=O)NC(C)CC)c1ccc(Cl)cc1. The molecule has 0 aliphatic rings. The summed E-state index contributed by atoms with van der Waals surface area (Å²) in [5.74, 6) is -0.0313. The van der Waals surface area contributed by atoms with Gasteiger partial charge in [0.25, 0.3) is 0 Å². The van der Waals surface area contributed by atoms with E-state index in [9.17, 15) is 4.79 Å². The number of hydrogen-bond donors (Lipinski definition) is 1. The maximum Gasteiger partial charge on any atom is 0.244 e. The molecule has 1 amide bonds. The third-order valence-electron chi connectivity index (χ3n) is 2.90. The molecule has 0 spiro atoms. The number of carbonyl (C=O) groups is 1. The van der Waals surface area contributed by atoms with Gasteiger partial charge in [-0.1, -0.05) is 37.6 Å². The van der Waals surface area contributed by atoms with Crippen molar-refractivity contribution >= 4 is 23.1 Å². The molecule has 98 valence electrons. The topological polar surface area (TPSA) is 29.1 Å². The number of allylic oxidation sites excluding steroid dienone is 1. The minimum atomic E-state index is -0.0313. The van der Waals surface area contributed by atoms with E-state index in [1.165, 1.54) is 0 Å². The molecule has 3 heteroatoms. The van der Waals surface area contributed by atoms with E-state index in [1.54, 1.807) is 6.08 Å². The fourth-order valence-corrected chi connectivity index (χ4v) is 1.72. The number of rotatable bonds is 5. The van der Waals surface area contributed by atoms with Crippen LogP contribution in [0.25, 0.3) is 5.57 Å². The van der Waals surface area contributed by atoms with Crippen molar-refractivity contribution in [2.24, 2.45) is 0 Å². The summed E-state index contributed by atoms with van der Waals surface area (Å²) in [5, 5.41) is 3.64. The fraction of sp³-hybridized carbons (Fsp3) is 0.400. The van der Waals surface area contributed by atoms with Crippen LogP contribution in [0.3, 0.4) is 0 Å². The molecule has 2 nitrogen and oxygen atoms in total. The summed E-state index contributed by atoms with van der Waals surface area (Å²) >= 11 is 5.85. The first-order chi connectivity index (χ1) is 8.56. The van der Waals surface area contributed by atoms with Crippen molar-refractivity contribution in [3.05, 3.63) is 40.9 Å². The van der Waals surface area contributed by atoms with Gasteiger partial charge in [-0.25, -0.2) is 0 Å². The first-order valence-corrected chi connectivity index (χ1v) is 6.71. The minimum Gasteiger partial charge on any atom is -0.350 e. The van der Waals surface area contributed by atoms with Gasteiger partial charge < -0.3 is 5.32 Å². The molecule has 0 aliphatic heterocycles. The van der Waals surface area contributed by atoms with Crippen molar-refractivity contribution < 1.29 is 4.79 Å². The van der Waals surface area contributed by atoms with Crippen LogP contribution in [0.2, 0.25) is 5.02 Å². The molecule has 1 aromatic carbocycles. The lowest BCUT2D eigenvalue weighted by atomic mass is 10.0. The highest BCUT2D eigenvalue weighted by atomic mass is 35.5. The smallest absolute Gasteiger partial charge is 0.244 e. The molecular formula is C15H20ClNO. The van der Waals surface area contributed by atoms with Crippen LogP contribution in [0.4, 0.5) is 0 Å². The van der Waals surface area contributed by atoms with Gasteiger partial charge in [0, 0.05) is 17.1 Å². The van der Waals surface area contributed by atoms with Crippen LogP contribution in [0.1, 0.15) is 39.2 Å². The van der Waals surface area contributed by atoms with Gasteiger partial charge in [0.2, 0.25) is 5.91 Å². The molecule has 0 radical (unpaired) electrons. The van der Waals surface area contributed by atoms with Gasteiger partial charge >= 0.3 is 0 Å². The molecule has 0 saturated heterocycles. The number of halogens is 1. The fourth-order valence-electron chi connectivity index (χ4n) is 1.60. The van der Waals surface area contributed by atoms with Crippen molar-refractivity contribution in [3.63, 3.8) is 0 Å². The van der Waals surface area contributed by atoms with Crippen LogP contribution in [-0.4, -0.2) is 11.9 Å². The minimum absolute atomic E-state index is 0.0313. The Hall–Kier alpha value is -1.28. The van der Waals surface area contributed by atoms with E-state index in [2.05, 4.69) is 12.2 Å². The summed E-state index contributed by atoms with van der Waals surface area (Å²) in [4.78, 5) is 11.8. The Labute approximate surface area is 114 Å². The van der Waals surface area contributed by atoms with Gasteiger partial charge in [-0.3, -0.25) is 4.79 Å². The average molecular weight is 266 g/mol. The first kappa shape index (κ1) is 14.8. The molecule has 0 saturated carbocycles. The van der Waals surface area contributed by atoms with Gasteiger partial charge in [0.05, 0.1) is 0 Å². The second-order valence-electron chi connectivity index (χ2n) is 4.35. The summed E-state index contributed by atoms with van der Waals surface area (Å²) in [6.07, 6.45) is 3.42. The second kappa shape index (κ2) is 7.22. The lowest BCUT2D eigenvalue weighted by Gasteiger charge is -2.10. The maximum atomic E-state index is 11.8. The Bertz CT molecular complexity index is 423. The largest absolute Gasteiger partial charge is 0.350 e. The highest BCUT2D eigenvalue weighted by Gasteiger charge is 2.05. The van der Waals surface area contributed by atoms with Crippen molar-refractivity contribution in [1.29, 1.82) is 0 Å². The number of carbonyl (C=O) groups excluding carboxylic acids is 1. The van der Waals surface area contributed by atoms with Gasteiger partial charge in [-0.15, -0.1) is 0 Å². The molecule has 1 N–H and O–H groups in total. The lowest BCUT2D eigenvalue weighted by Crippen LogP contribution is -2.30. The Morgan fingerprint density at radius 1 is 1.33 bits per heavy atom. The van der Waals surface area contributed by atoms with Crippen LogP contribution in [0.5, 0.6) is 0 Å². The standard InChI is InChI=1S/C15H20ClNO/c1-4-11(3)17-15(18)10-12(5-2)13-6-8-14(16)9-7-13/h6-11H,4-5H2,1-3H3,(H,17,18)/b12-10+. The average Bonchev–Trinajstić information content (AvgIpc) is 2.37. The van der Waals surface area contributed by atoms with E-state index in [4.69, 9.17) is 11.6 Å². The summed E-state index contributed by atoms with van der Waals surface area (Å²) < 4.78 is 0. The summed E-state index contributed by atoms with van der Waals surface area (Å²) in [7, 11) is 0. The van der Waals surface area contributed by atoms with E-state index < -0.39 is 0 Å². The van der Waals surface area contributed by atoms with E-state index in [0.717, 1.165) is 24.0 Å². The zero-order chi connectivity index (χ0) is 13.5. The zero-order valence-electron chi connectivity index (χ0n) is 11.2. The van der Waals surface area contributed by atoms with E-state index in [0.29, 0.717) is 5.02 Å². The number of amides is 1. The molecule has 18 heavy (non-hydrogen) atoms. The molecule has 0 aromatic heterocycles. The normalized spacial score (nSPS) is 13.2. The highest BCUT2D eigenvalue weighted by molar-refractivity contribution is 6.30. The van der Waals surface area contributed by atoms with Gasteiger partial charge in [0.1, 0.15) is 0 Å². The molecular weight excluding hydrogens is 246 g/mol. The summed E-state index contributed by atoms with van der Waals surface area (Å²) in [6, 6.07) is 7.76. The van der Waals surface area contributed by atoms with Crippen molar-refractivity contribution in [1.82, 2.24) is 5.32 Å². The Morgan fingerprint density at radius 2 is 1.94 bits per heavy atom. The second-order valence-corrected chi connectivity index (χ2v) is 4.78. The van der Waals surface area contributed by atoms with Crippen molar-refractivity contribution in [3.8, 4) is 0 Å². The van der Waals surface area contributed by atoms with Crippen molar-refractivity contribution in [2.45, 2.75) is 39.7 Å². The number of hydrogen-bond acceptors (Lipinski definition) is 1. The zero-order valence-corrected chi connectivity index (χ0v) is 11.9. The highest BCUT2D eigenvalue weighted by Crippen LogP contribution is 2.20. The molecule has 1 aromatic rings. The number of benzene rings is 1. The van der Waals surface area contributed by atoms with Crippen molar-refractivity contribution in [2.75, 3.05) is 0 Å². The van der Waals surface area contributed by atoms with Crippen LogP contribution in [0.15, 0.2) is 30.3 Å².